The number of amides is 3. The Morgan fingerprint density at radius 1 is 0.918 bits per heavy atom. The van der Waals surface area contributed by atoms with Gasteiger partial charge in [-0.3, -0.25) is 28.8 Å². The van der Waals surface area contributed by atoms with Crippen molar-refractivity contribution in [2.45, 2.75) is 134 Å². The molecule has 2 unspecified atom stereocenters. The number of nitrogens with one attached hydrogen (secondary N) is 1. The first-order chi connectivity index (χ1) is 23.3. The Bertz CT molecular complexity index is 1340. The van der Waals surface area contributed by atoms with Crippen molar-refractivity contribution in [3.63, 3.8) is 0 Å². The van der Waals surface area contributed by atoms with Crippen LogP contribution in [-0.2, 0) is 33.5 Å². The van der Waals surface area contributed by atoms with Crippen molar-refractivity contribution in [3.05, 3.63) is 35.9 Å². The molecule has 3 fully saturated rings. The lowest BCUT2D eigenvalue weighted by molar-refractivity contribution is -0.144. The van der Waals surface area contributed by atoms with E-state index in [1.165, 1.54) is 4.90 Å². The van der Waals surface area contributed by atoms with Crippen molar-refractivity contribution < 1.29 is 33.5 Å². The fourth-order valence-corrected chi connectivity index (χ4v) is 7.91. The molecule has 10 nitrogen and oxygen atoms in total. The molecule has 0 aromatic heterocycles. The quantitative estimate of drug-likeness (QED) is 0.366. The van der Waals surface area contributed by atoms with Gasteiger partial charge >= 0.3 is 0 Å². The van der Waals surface area contributed by atoms with Crippen LogP contribution < -0.4 is 5.32 Å². The number of hydrogen-bond acceptors (Lipinski definition) is 7. The highest BCUT2D eigenvalue weighted by atomic mass is 16.5. The van der Waals surface area contributed by atoms with E-state index in [1.807, 2.05) is 26.8 Å². The Morgan fingerprint density at radius 2 is 1.53 bits per heavy atom. The van der Waals surface area contributed by atoms with Gasteiger partial charge in [0.15, 0.2) is 11.6 Å². The molecule has 0 radical (unpaired) electrons. The molecule has 3 aliphatic heterocycles. The van der Waals surface area contributed by atoms with Crippen molar-refractivity contribution in [1.82, 2.24) is 15.1 Å². The number of ether oxygens (including phenoxy) is 1. The molecule has 0 spiro atoms. The second-order valence-corrected chi connectivity index (χ2v) is 15.3. The van der Waals surface area contributed by atoms with Crippen LogP contribution in [0, 0.1) is 17.8 Å². The summed E-state index contributed by atoms with van der Waals surface area (Å²) in [6.45, 7) is 6.31. The average Bonchev–Trinajstić information content (AvgIpc) is 3.56. The molecule has 270 valence electrons. The molecular weight excluding hydrogens is 622 g/mol. The van der Waals surface area contributed by atoms with Crippen LogP contribution in [0.1, 0.15) is 122 Å². The first-order valence-corrected chi connectivity index (χ1v) is 18.4. The molecule has 10 heteroatoms. The molecule has 3 heterocycles. The maximum absolute atomic E-state index is 14.2. The number of hydrogen-bond donors (Lipinski definition) is 1. The maximum atomic E-state index is 14.2. The Balaban J connectivity index is 1.47. The van der Waals surface area contributed by atoms with Crippen LogP contribution in [0.15, 0.2) is 30.3 Å². The second-order valence-electron chi connectivity index (χ2n) is 15.3. The molecule has 0 aliphatic carbocycles. The summed E-state index contributed by atoms with van der Waals surface area (Å²) in [4.78, 5) is 84.0. The van der Waals surface area contributed by atoms with Gasteiger partial charge in [0.05, 0.1) is 17.7 Å². The summed E-state index contributed by atoms with van der Waals surface area (Å²) in [5.41, 5.74) is 0.205. The predicted molar refractivity (Wildman–Crippen MR) is 186 cm³/mol. The lowest BCUT2D eigenvalue weighted by Crippen LogP contribution is -2.47. The van der Waals surface area contributed by atoms with Gasteiger partial charge in [-0.2, -0.15) is 0 Å². The Hall–Kier alpha value is -3.40. The molecule has 4 rings (SSSR count). The number of Topliss-reactive ketones (excluding diaryl/α,β-unsaturated/α-hetero) is 3. The zero-order chi connectivity index (χ0) is 35.7. The lowest BCUT2D eigenvalue weighted by Gasteiger charge is -2.31. The summed E-state index contributed by atoms with van der Waals surface area (Å²) in [5.74, 6) is -3.54. The number of likely N-dealkylation sites (N-methyl/N-ethyl adjacent to an activating group) is 1. The molecule has 1 N–H and O–H groups in total. The van der Waals surface area contributed by atoms with Crippen LogP contribution in [0.25, 0.3) is 0 Å². The summed E-state index contributed by atoms with van der Waals surface area (Å²) in [6.07, 6.45) is 8.95. The van der Waals surface area contributed by atoms with Gasteiger partial charge < -0.3 is 19.9 Å². The third kappa shape index (κ3) is 10.3. The van der Waals surface area contributed by atoms with Gasteiger partial charge in [-0.05, 0) is 38.7 Å². The molecule has 3 saturated heterocycles. The van der Waals surface area contributed by atoms with Crippen molar-refractivity contribution in [3.8, 4) is 0 Å². The first kappa shape index (κ1) is 38.4. The van der Waals surface area contributed by atoms with E-state index in [4.69, 9.17) is 4.74 Å². The highest BCUT2D eigenvalue weighted by Crippen LogP contribution is 2.44. The number of nitrogens with zero attached hydrogens (tertiary/aromatic N) is 2. The third-order valence-electron chi connectivity index (χ3n) is 10.6. The van der Waals surface area contributed by atoms with Crippen LogP contribution in [0.2, 0.25) is 0 Å². The fourth-order valence-electron chi connectivity index (χ4n) is 7.91. The molecule has 1 aromatic rings. The number of benzene rings is 1. The molecule has 3 amide bonds. The Kier molecular flexibility index (Phi) is 13.7. The van der Waals surface area contributed by atoms with E-state index >= 15 is 0 Å². The normalized spacial score (nSPS) is 27.4. The van der Waals surface area contributed by atoms with E-state index in [-0.39, 0.29) is 54.8 Å². The maximum Gasteiger partial charge on any atom is 0.249 e. The number of carbonyl (C=O) groups is 6. The SMILES string of the molecule is C[C@H]1CCCCCCCCCC[C@@H](C(=O)C(=O)CCC(=O)N[C@H](C(=O)N(C)C)c2ccccc2)CC(=O)C2[C@H]3CC(C)(C)OC3CN2C1=O. The molecule has 3 aliphatic rings. The minimum atomic E-state index is -0.919. The van der Waals surface area contributed by atoms with Gasteiger partial charge in [-0.1, -0.05) is 88.6 Å². The average molecular weight is 680 g/mol. The van der Waals surface area contributed by atoms with E-state index in [0.29, 0.717) is 24.9 Å². The summed E-state index contributed by atoms with van der Waals surface area (Å²) in [6, 6.07) is 7.26. The largest absolute Gasteiger partial charge is 0.370 e. The molecular formula is C39H57N3O7. The predicted octanol–water partition coefficient (Wildman–Crippen LogP) is 5.37. The standard InChI is InChI=1S/C39H57N3O7/c1-26-17-13-10-8-6-7-9-11-14-20-28(23-31(44)35-29-24-39(2,3)49-32(29)25-42(35)37(26)47)36(46)30(43)21-22-33(45)40-34(38(48)41(4)5)27-18-15-12-16-19-27/h12,15-16,18-19,26,28-29,32,34-35H,6-11,13-14,17,20-25H2,1-5H3,(H,40,45)/t26-,28+,29-,32?,34-,35?/m0/s1. The van der Waals surface area contributed by atoms with Gasteiger partial charge in [0.1, 0.15) is 6.04 Å². The van der Waals surface area contributed by atoms with Gasteiger partial charge in [0.25, 0.3) is 0 Å². The Morgan fingerprint density at radius 3 is 2.16 bits per heavy atom. The first-order valence-electron chi connectivity index (χ1n) is 18.4. The van der Waals surface area contributed by atoms with Crippen molar-refractivity contribution in [2.75, 3.05) is 20.6 Å². The van der Waals surface area contributed by atoms with Gasteiger partial charge in [-0.15, -0.1) is 0 Å². The smallest absolute Gasteiger partial charge is 0.249 e. The lowest BCUT2D eigenvalue weighted by atomic mass is 9.82. The van der Waals surface area contributed by atoms with Gasteiger partial charge in [-0.25, -0.2) is 0 Å². The van der Waals surface area contributed by atoms with E-state index in [0.717, 1.165) is 57.8 Å². The van der Waals surface area contributed by atoms with Crippen molar-refractivity contribution in [2.24, 2.45) is 17.8 Å². The number of rotatable bonds is 8. The zero-order valence-corrected chi connectivity index (χ0v) is 30.2. The minimum absolute atomic E-state index is 0.0370. The zero-order valence-electron chi connectivity index (χ0n) is 30.2. The van der Waals surface area contributed by atoms with E-state index in [1.54, 1.807) is 43.3 Å². The van der Waals surface area contributed by atoms with Crippen LogP contribution in [0.4, 0.5) is 0 Å². The van der Waals surface area contributed by atoms with Crippen LogP contribution >= 0.6 is 0 Å². The molecule has 6 atom stereocenters. The number of ketones is 3. The topological polar surface area (TPSA) is 130 Å². The van der Waals surface area contributed by atoms with Crippen LogP contribution in [0.3, 0.4) is 0 Å². The van der Waals surface area contributed by atoms with Crippen LogP contribution in [-0.4, -0.2) is 83.3 Å². The minimum Gasteiger partial charge on any atom is -0.370 e. The summed E-state index contributed by atoms with van der Waals surface area (Å²) in [7, 11) is 3.21. The van der Waals surface area contributed by atoms with Gasteiger partial charge in [0, 0.05) is 57.7 Å². The third-order valence-corrected chi connectivity index (χ3v) is 10.6. The van der Waals surface area contributed by atoms with Crippen molar-refractivity contribution >= 4 is 35.1 Å². The second kappa shape index (κ2) is 17.5. The highest BCUT2D eigenvalue weighted by Gasteiger charge is 2.55. The molecule has 0 bridgehead atoms. The Labute approximate surface area is 292 Å². The molecule has 0 saturated carbocycles. The number of carbonyl (C=O) groups excluding carboxylic acids is 6. The van der Waals surface area contributed by atoms with E-state index < -0.39 is 41.1 Å². The summed E-state index contributed by atoms with van der Waals surface area (Å²) in [5, 5.41) is 2.73. The summed E-state index contributed by atoms with van der Waals surface area (Å²) >= 11 is 0. The summed E-state index contributed by atoms with van der Waals surface area (Å²) < 4.78 is 6.30. The highest BCUT2D eigenvalue weighted by molar-refractivity contribution is 6.38. The van der Waals surface area contributed by atoms with E-state index in [9.17, 15) is 28.8 Å². The van der Waals surface area contributed by atoms with Crippen molar-refractivity contribution in [1.29, 1.82) is 0 Å². The monoisotopic (exact) mass is 679 g/mol. The van der Waals surface area contributed by atoms with Crippen LogP contribution in [0.5, 0.6) is 0 Å². The van der Waals surface area contributed by atoms with Gasteiger partial charge in [0.2, 0.25) is 23.5 Å². The fraction of sp³-hybridized carbons (Fsp3) is 0.692. The van der Waals surface area contributed by atoms with E-state index in [2.05, 4.69) is 5.32 Å². The molecule has 1 aromatic carbocycles. The number of fused-ring (bicyclic) bond motifs is 3. The molecule has 49 heavy (non-hydrogen) atoms.